The zero-order chi connectivity index (χ0) is 8.10. The van der Waals surface area contributed by atoms with Crippen LogP contribution in [0.2, 0.25) is 0 Å². The molecule has 1 rings (SSSR count). The van der Waals surface area contributed by atoms with Gasteiger partial charge in [-0.05, 0) is 13.8 Å². The molecule has 1 aliphatic rings. The molecule has 0 radical (unpaired) electrons. The normalized spacial score (nSPS) is 21.0. The minimum atomic E-state index is 0.315. The number of nitrogens with zero attached hydrogens (tertiary/aromatic N) is 1. The Hall–Kier alpha value is 0.230. The number of rotatable bonds is 3. The highest BCUT2D eigenvalue weighted by Gasteiger charge is 2.10. The van der Waals surface area contributed by atoms with E-state index in [2.05, 4.69) is 23.5 Å². The predicted molar refractivity (Wildman–Crippen MR) is 48.3 cm³/mol. The molecule has 3 nitrogen and oxygen atoms in total. The molecule has 0 unspecified atom stereocenters. The number of piperazine rings is 1. The smallest absolute Gasteiger partial charge is 0.0822 e. The Kier molecular flexibility index (Phi) is 4.22. The quantitative estimate of drug-likeness (QED) is 0.509. The van der Waals surface area contributed by atoms with E-state index in [9.17, 15) is 0 Å². The van der Waals surface area contributed by atoms with Crippen LogP contribution in [0.1, 0.15) is 13.8 Å². The molecule has 1 N–H and O–H groups in total. The van der Waals surface area contributed by atoms with Gasteiger partial charge in [-0.2, -0.15) is 0 Å². The van der Waals surface area contributed by atoms with Gasteiger partial charge in [0.05, 0.1) is 18.3 Å². The van der Waals surface area contributed by atoms with E-state index in [0.717, 1.165) is 26.2 Å². The van der Waals surface area contributed by atoms with Gasteiger partial charge in [0.25, 0.3) is 0 Å². The summed E-state index contributed by atoms with van der Waals surface area (Å²) in [5, 5.41) is 3.29. The lowest BCUT2D eigenvalue weighted by atomic mass is 10.4. The molecule has 0 spiro atoms. The van der Waals surface area contributed by atoms with E-state index in [1.165, 1.54) is 12.2 Å². The zero-order valence-corrected chi connectivity index (χ0v) is 7.99. The van der Waals surface area contributed by atoms with Gasteiger partial charge in [0.2, 0.25) is 0 Å². The number of hydrogen-bond donors (Lipinski definition) is 1. The molecule has 1 fully saturated rings. The summed E-state index contributed by atoms with van der Waals surface area (Å²) in [6, 6.07) is 0. The fourth-order valence-corrected chi connectivity index (χ4v) is 1.49. The second-order valence-corrected chi connectivity index (χ2v) is 3.76. The molecule has 4 heteroatoms. The van der Waals surface area contributed by atoms with Gasteiger partial charge in [0.1, 0.15) is 0 Å². The van der Waals surface area contributed by atoms with Crippen LogP contribution >= 0.6 is 12.2 Å². The molecule has 0 aromatic heterocycles. The van der Waals surface area contributed by atoms with E-state index in [0.29, 0.717) is 6.10 Å². The maximum atomic E-state index is 5.40. The monoisotopic (exact) mass is 176 g/mol. The molecule has 0 saturated carbocycles. The Bertz CT molecular complexity index is 105. The standard InChI is InChI=1S/C7H16N2OS/c1-7(2)10-11-9-5-3-8-4-6-9/h7-8H,3-6H2,1-2H3. The van der Waals surface area contributed by atoms with Crippen LogP contribution in [-0.4, -0.2) is 36.6 Å². The van der Waals surface area contributed by atoms with Crippen LogP contribution in [0.15, 0.2) is 0 Å². The highest BCUT2D eigenvalue weighted by molar-refractivity contribution is 7.92. The summed E-state index contributed by atoms with van der Waals surface area (Å²) in [5.74, 6) is 0. The van der Waals surface area contributed by atoms with Crippen molar-refractivity contribution in [2.75, 3.05) is 26.2 Å². The van der Waals surface area contributed by atoms with Crippen molar-refractivity contribution in [3.8, 4) is 0 Å². The van der Waals surface area contributed by atoms with E-state index in [1.807, 2.05) is 0 Å². The maximum absolute atomic E-state index is 5.40. The molecule has 0 atom stereocenters. The summed E-state index contributed by atoms with van der Waals surface area (Å²) in [5.41, 5.74) is 0. The lowest BCUT2D eigenvalue weighted by Gasteiger charge is -2.25. The van der Waals surface area contributed by atoms with Crippen LogP contribution in [0.4, 0.5) is 0 Å². The maximum Gasteiger partial charge on any atom is 0.0822 e. The van der Waals surface area contributed by atoms with Gasteiger partial charge in [-0.3, -0.25) is 4.18 Å². The summed E-state index contributed by atoms with van der Waals surface area (Å²) in [6.07, 6.45) is 0.315. The molecular weight excluding hydrogens is 160 g/mol. The molecule has 0 amide bonds. The van der Waals surface area contributed by atoms with E-state index in [4.69, 9.17) is 4.18 Å². The average molecular weight is 176 g/mol. The van der Waals surface area contributed by atoms with Gasteiger partial charge in [0, 0.05) is 26.2 Å². The van der Waals surface area contributed by atoms with Crippen LogP contribution < -0.4 is 5.32 Å². The van der Waals surface area contributed by atoms with Crippen molar-refractivity contribution in [3.63, 3.8) is 0 Å². The fourth-order valence-electron chi connectivity index (χ4n) is 0.866. The molecule has 1 heterocycles. The van der Waals surface area contributed by atoms with E-state index in [-0.39, 0.29) is 0 Å². The van der Waals surface area contributed by atoms with Gasteiger partial charge in [-0.15, -0.1) is 0 Å². The van der Waals surface area contributed by atoms with Gasteiger partial charge >= 0.3 is 0 Å². The van der Waals surface area contributed by atoms with Crippen molar-refractivity contribution in [2.24, 2.45) is 0 Å². The first-order chi connectivity index (χ1) is 5.29. The fraction of sp³-hybridized carbons (Fsp3) is 1.00. The van der Waals surface area contributed by atoms with Crippen molar-refractivity contribution >= 4 is 12.2 Å². The molecule has 1 aliphatic heterocycles. The Morgan fingerprint density at radius 1 is 1.36 bits per heavy atom. The molecule has 0 bridgehead atoms. The lowest BCUT2D eigenvalue weighted by molar-refractivity contribution is 0.261. The molecule has 0 aromatic rings. The van der Waals surface area contributed by atoms with Crippen LogP contribution in [0.25, 0.3) is 0 Å². The van der Waals surface area contributed by atoms with Crippen molar-refractivity contribution in [1.82, 2.24) is 9.62 Å². The Labute approximate surface area is 72.8 Å². The average Bonchev–Trinajstić information content (AvgIpc) is 2.03. The van der Waals surface area contributed by atoms with Gasteiger partial charge in [-0.1, -0.05) is 0 Å². The SMILES string of the molecule is CC(C)OSN1CCNCC1. The molecule has 0 aromatic carbocycles. The van der Waals surface area contributed by atoms with Crippen LogP contribution in [-0.2, 0) is 4.18 Å². The van der Waals surface area contributed by atoms with Crippen molar-refractivity contribution in [2.45, 2.75) is 20.0 Å². The highest BCUT2D eigenvalue weighted by Crippen LogP contribution is 2.13. The van der Waals surface area contributed by atoms with E-state index in [1.54, 1.807) is 0 Å². The third-order valence-corrected chi connectivity index (χ3v) is 2.46. The minimum absolute atomic E-state index is 0.315. The topological polar surface area (TPSA) is 24.5 Å². The van der Waals surface area contributed by atoms with Gasteiger partial charge in [0.15, 0.2) is 0 Å². The summed E-state index contributed by atoms with van der Waals surface area (Å²) in [4.78, 5) is 0. The molecule has 0 aliphatic carbocycles. The Morgan fingerprint density at radius 3 is 2.55 bits per heavy atom. The van der Waals surface area contributed by atoms with Crippen molar-refractivity contribution in [3.05, 3.63) is 0 Å². The molecule has 11 heavy (non-hydrogen) atoms. The lowest BCUT2D eigenvalue weighted by Crippen LogP contribution is -2.40. The number of nitrogens with one attached hydrogen (secondary N) is 1. The van der Waals surface area contributed by atoms with Crippen LogP contribution in [0.5, 0.6) is 0 Å². The van der Waals surface area contributed by atoms with Gasteiger partial charge in [-0.25, -0.2) is 4.31 Å². The van der Waals surface area contributed by atoms with Crippen molar-refractivity contribution < 1.29 is 4.18 Å². The van der Waals surface area contributed by atoms with Crippen LogP contribution in [0, 0.1) is 0 Å². The molecular formula is C7H16N2OS. The highest BCUT2D eigenvalue weighted by atomic mass is 32.2. The summed E-state index contributed by atoms with van der Waals surface area (Å²) < 4.78 is 7.64. The minimum Gasteiger partial charge on any atom is -0.314 e. The Balaban J connectivity index is 2.05. The van der Waals surface area contributed by atoms with Crippen LogP contribution in [0.3, 0.4) is 0 Å². The first-order valence-corrected chi connectivity index (χ1v) is 4.78. The van der Waals surface area contributed by atoms with Gasteiger partial charge < -0.3 is 5.32 Å². The second kappa shape index (κ2) is 4.98. The predicted octanol–water partition coefficient (Wildman–Crippen LogP) is 0.880. The van der Waals surface area contributed by atoms with E-state index < -0.39 is 0 Å². The Morgan fingerprint density at radius 2 is 2.00 bits per heavy atom. The third kappa shape index (κ3) is 3.96. The first kappa shape index (κ1) is 9.32. The summed E-state index contributed by atoms with van der Waals surface area (Å²) >= 11 is 1.50. The summed E-state index contributed by atoms with van der Waals surface area (Å²) in [6.45, 7) is 8.42. The number of hydrogen-bond acceptors (Lipinski definition) is 4. The largest absolute Gasteiger partial charge is 0.314 e. The zero-order valence-electron chi connectivity index (χ0n) is 7.17. The molecule has 1 saturated heterocycles. The third-order valence-electron chi connectivity index (χ3n) is 1.42. The summed E-state index contributed by atoms with van der Waals surface area (Å²) in [7, 11) is 0. The second-order valence-electron chi connectivity index (χ2n) is 2.90. The molecule has 66 valence electrons. The van der Waals surface area contributed by atoms with E-state index >= 15 is 0 Å². The van der Waals surface area contributed by atoms with Crippen molar-refractivity contribution in [1.29, 1.82) is 0 Å². The first-order valence-electron chi connectivity index (χ1n) is 4.08.